The number of aryl methyl sites for hydroxylation is 3. The summed E-state index contributed by atoms with van der Waals surface area (Å²) in [5.74, 6) is -0.185. The summed E-state index contributed by atoms with van der Waals surface area (Å²) in [5.41, 5.74) is 8.25. The number of esters is 1. The molecule has 3 aromatic rings. The average molecular weight is 385 g/mol. The van der Waals surface area contributed by atoms with Crippen molar-refractivity contribution in [1.82, 2.24) is 0 Å². The molecule has 1 unspecified atom stereocenters. The first-order chi connectivity index (χ1) is 14.1. The highest BCUT2D eigenvalue weighted by Gasteiger charge is 2.23. The molecule has 1 aliphatic rings. The summed E-state index contributed by atoms with van der Waals surface area (Å²) in [6.45, 7) is 4.15. The molecule has 1 heterocycles. The molecule has 0 radical (unpaired) electrons. The third-order valence-electron chi connectivity index (χ3n) is 5.69. The van der Waals surface area contributed by atoms with Crippen molar-refractivity contribution in [2.45, 2.75) is 52.1 Å². The fraction of sp³-hybridized carbons (Fsp3) is 0.296. The number of rotatable bonds is 6. The average Bonchev–Trinajstić information content (AvgIpc) is 2.74. The maximum absolute atomic E-state index is 12.1. The van der Waals surface area contributed by atoms with E-state index < -0.39 is 0 Å². The van der Waals surface area contributed by atoms with Gasteiger partial charge in [0.15, 0.2) is 0 Å². The molecule has 29 heavy (non-hydrogen) atoms. The summed E-state index contributed by atoms with van der Waals surface area (Å²) in [4.78, 5) is 12.1. The molecular weight excluding hydrogens is 356 g/mol. The number of ether oxygens (including phenoxy) is 1. The zero-order chi connectivity index (χ0) is 20.2. The van der Waals surface area contributed by atoms with E-state index in [1.54, 1.807) is 0 Å². The van der Waals surface area contributed by atoms with E-state index in [1.807, 2.05) is 13.0 Å². The third-order valence-corrected chi connectivity index (χ3v) is 5.69. The van der Waals surface area contributed by atoms with Crippen LogP contribution in [-0.4, -0.2) is 12.1 Å². The molecule has 148 valence electrons. The van der Waals surface area contributed by atoms with Crippen molar-refractivity contribution in [1.29, 1.82) is 0 Å². The van der Waals surface area contributed by atoms with Gasteiger partial charge in [-0.3, -0.25) is 0 Å². The predicted octanol–water partition coefficient (Wildman–Crippen LogP) is 6.19. The minimum atomic E-state index is -0.185. The molecular formula is C27H28O2. The van der Waals surface area contributed by atoms with Gasteiger partial charge in [0.1, 0.15) is 6.10 Å². The number of hydrogen-bond acceptors (Lipinski definition) is 2. The summed E-state index contributed by atoms with van der Waals surface area (Å²) in [6.07, 6.45) is 4.97. The van der Waals surface area contributed by atoms with Gasteiger partial charge in [0.2, 0.25) is 0 Å². The highest BCUT2D eigenvalue weighted by Crippen LogP contribution is 2.24. The van der Waals surface area contributed by atoms with Crippen molar-refractivity contribution in [3.8, 4) is 11.1 Å². The van der Waals surface area contributed by atoms with Crippen LogP contribution in [-0.2, 0) is 30.4 Å². The van der Waals surface area contributed by atoms with Gasteiger partial charge in [0, 0.05) is 6.42 Å². The van der Waals surface area contributed by atoms with Crippen LogP contribution in [0.3, 0.4) is 0 Å². The van der Waals surface area contributed by atoms with E-state index in [9.17, 15) is 4.79 Å². The van der Waals surface area contributed by atoms with Crippen LogP contribution in [0.1, 0.15) is 52.9 Å². The molecule has 4 rings (SSSR count). The lowest BCUT2D eigenvalue weighted by Crippen LogP contribution is -2.25. The minimum Gasteiger partial charge on any atom is -0.459 e. The highest BCUT2D eigenvalue weighted by atomic mass is 16.5. The van der Waals surface area contributed by atoms with Crippen molar-refractivity contribution >= 4 is 5.97 Å². The second-order valence-electron chi connectivity index (χ2n) is 8.06. The molecule has 2 heteroatoms. The van der Waals surface area contributed by atoms with E-state index in [4.69, 9.17) is 4.74 Å². The summed E-state index contributed by atoms with van der Waals surface area (Å²) >= 11 is 0. The largest absolute Gasteiger partial charge is 0.459 e. The third kappa shape index (κ3) is 4.59. The van der Waals surface area contributed by atoms with Crippen molar-refractivity contribution in [2.24, 2.45) is 0 Å². The molecule has 0 amide bonds. The number of cyclic esters (lactones) is 1. The molecule has 1 aliphatic heterocycles. The van der Waals surface area contributed by atoms with Gasteiger partial charge in [-0.2, -0.15) is 0 Å². The lowest BCUT2D eigenvalue weighted by molar-refractivity contribution is 0.0301. The van der Waals surface area contributed by atoms with Crippen LogP contribution < -0.4 is 0 Å². The Hall–Kier alpha value is -2.87. The topological polar surface area (TPSA) is 26.3 Å². The molecule has 0 aromatic heterocycles. The highest BCUT2D eigenvalue weighted by molar-refractivity contribution is 5.92. The van der Waals surface area contributed by atoms with E-state index in [-0.39, 0.29) is 12.1 Å². The summed E-state index contributed by atoms with van der Waals surface area (Å²) < 4.78 is 5.37. The normalized spacial score (nSPS) is 15.7. The van der Waals surface area contributed by atoms with Crippen molar-refractivity contribution in [3.05, 3.63) is 94.5 Å². The Labute approximate surface area is 173 Å². The molecule has 0 spiro atoms. The fourth-order valence-electron chi connectivity index (χ4n) is 4.05. The first kappa shape index (κ1) is 19.4. The number of fused-ring (bicyclic) bond motifs is 1. The van der Waals surface area contributed by atoms with E-state index in [0.29, 0.717) is 0 Å². The predicted molar refractivity (Wildman–Crippen MR) is 118 cm³/mol. The van der Waals surface area contributed by atoms with Crippen molar-refractivity contribution in [3.63, 3.8) is 0 Å². The second kappa shape index (κ2) is 8.65. The number of benzene rings is 3. The van der Waals surface area contributed by atoms with Crippen LogP contribution in [0.2, 0.25) is 0 Å². The van der Waals surface area contributed by atoms with Gasteiger partial charge < -0.3 is 4.74 Å². The number of carbonyl (C=O) groups is 1. The molecule has 0 saturated carbocycles. The molecule has 2 nitrogen and oxygen atoms in total. The van der Waals surface area contributed by atoms with Crippen molar-refractivity contribution in [2.75, 3.05) is 0 Å². The summed E-state index contributed by atoms with van der Waals surface area (Å²) in [5, 5.41) is 0. The SMILES string of the molecule is CCCc1ccc(-c2ccc(CCc3ccc4c(c3)C(=O)OC(C)C4)cc2)cc1. The Balaban J connectivity index is 1.41. The van der Waals surface area contributed by atoms with Gasteiger partial charge in [0.05, 0.1) is 5.56 Å². The lowest BCUT2D eigenvalue weighted by atomic mass is 9.94. The Morgan fingerprint density at radius 3 is 1.97 bits per heavy atom. The first-order valence-corrected chi connectivity index (χ1v) is 10.6. The van der Waals surface area contributed by atoms with Crippen LogP contribution in [0, 0.1) is 0 Å². The summed E-state index contributed by atoms with van der Waals surface area (Å²) in [7, 11) is 0. The molecule has 0 aliphatic carbocycles. The van der Waals surface area contributed by atoms with E-state index in [2.05, 4.69) is 67.6 Å². The van der Waals surface area contributed by atoms with Crippen LogP contribution in [0.5, 0.6) is 0 Å². The molecule has 3 aromatic carbocycles. The second-order valence-corrected chi connectivity index (χ2v) is 8.06. The van der Waals surface area contributed by atoms with Gasteiger partial charge in [-0.25, -0.2) is 4.79 Å². The molecule has 0 N–H and O–H groups in total. The fourth-order valence-corrected chi connectivity index (χ4v) is 4.05. The van der Waals surface area contributed by atoms with E-state index >= 15 is 0 Å². The van der Waals surface area contributed by atoms with Crippen LogP contribution in [0.4, 0.5) is 0 Å². The molecule has 0 fully saturated rings. The van der Waals surface area contributed by atoms with Crippen LogP contribution >= 0.6 is 0 Å². The Morgan fingerprint density at radius 1 is 0.793 bits per heavy atom. The van der Waals surface area contributed by atoms with Gasteiger partial charge in [-0.1, -0.05) is 74.0 Å². The Bertz CT molecular complexity index is 984. The van der Waals surface area contributed by atoms with Crippen molar-refractivity contribution < 1.29 is 9.53 Å². The zero-order valence-electron chi connectivity index (χ0n) is 17.3. The van der Waals surface area contributed by atoms with Gasteiger partial charge in [-0.15, -0.1) is 0 Å². The van der Waals surface area contributed by atoms with Gasteiger partial charge >= 0.3 is 5.97 Å². The lowest BCUT2D eigenvalue weighted by Gasteiger charge is -2.22. The molecule has 0 bridgehead atoms. The van der Waals surface area contributed by atoms with E-state index in [1.165, 1.54) is 34.2 Å². The summed E-state index contributed by atoms with van der Waals surface area (Å²) in [6, 6.07) is 24.0. The first-order valence-electron chi connectivity index (χ1n) is 10.6. The smallest absolute Gasteiger partial charge is 0.338 e. The maximum Gasteiger partial charge on any atom is 0.338 e. The maximum atomic E-state index is 12.1. The Kier molecular flexibility index (Phi) is 5.80. The quantitative estimate of drug-likeness (QED) is 0.474. The van der Waals surface area contributed by atoms with Crippen LogP contribution in [0.15, 0.2) is 66.7 Å². The standard InChI is InChI=1S/C27H28O2/c1-3-4-20-7-12-23(13-8-20)24-14-9-21(10-15-24)5-6-22-11-16-25-17-19(2)29-27(28)26(25)18-22/h7-16,18-19H,3-6,17H2,1-2H3. The number of hydrogen-bond donors (Lipinski definition) is 0. The van der Waals surface area contributed by atoms with Gasteiger partial charge in [-0.05, 0) is 65.6 Å². The monoisotopic (exact) mass is 384 g/mol. The molecule has 1 atom stereocenters. The Morgan fingerprint density at radius 2 is 1.34 bits per heavy atom. The van der Waals surface area contributed by atoms with Gasteiger partial charge in [0.25, 0.3) is 0 Å². The molecule has 0 saturated heterocycles. The van der Waals surface area contributed by atoms with E-state index in [0.717, 1.165) is 36.8 Å². The van der Waals surface area contributed by atoms with Crippen LogP contribution in [0.25, 0.3) is 11.1 Å². The minimum absolute atomic E-state index is 0.0257. The zero-order valence-corrected chi connectivity index (χ0v) is 17.3. The number of carbonyl (C=O) groups excluding carboxylic acids is 1.